The number of hydrogen-bond acceptors (Lipinski definition) is 3. The van der Waals surface area contributed by atoms with Gasteiger partial charge in [-0.3, -0.25) is 4.79 Å². The predicted octanol–water partition coefficient (Wildman–Crippen LogP) is 5.39. The number of anilines is 1. The molecule has 0 aliphatic carbocycles. The summed E-state index contributed by atoms with van der Waals surface area (Å²) in [6.45, 7) is 2.15. The molecule has 0 aliphatic heterocycles. The molecule has 3 nitrogen and oxygen atoms in total. The highest BCUT2D eigenvalue weighted by Gasteiger charge is 2.11. The van der Waals surface area contributed by atoms with Crippen LogP contribution in [0.3, 0.4) is 0 Å². The van der Waals surface area contributed by atoms with Gasteiger partial charge in [-0.2, -0.15) is 0 Å². The van der Waals surface area contributed by atoms with Crippen molar-refractivity contribution in [3.63, 3.8) is 0 Å². The van der Waals surface area contributed by atoms with Crippen molar-refractivity contribution < 1.29 is 13.6 Å². The second-order valence-corrected chi connectivity index (χ2v) is 6.23. The second kappa shape index (κ2) is 8.72. The molecular weight excluding hydrogens is 318 g/mol. The molecule has 0 spiro atoms. The van der Waals surface area contributed by atoms with E-state index in [2.05, 4.69) is 17.2 Å². The molecule has 0 saturated heterocycles. The second-order valence-electron chi connectivity index (χ2n) is 5.37. The lowest BCUT2D eigenvalue weighted by Crippen LogP contribution is -2.10. The van der Waals surface area contributed by atoms with E-state index in [1.165, 1.54) is 36.3 Å². The lowest BCUT2D eigenvalue weighted by molar-refractivity contribution is -0.116. The van der Waals surface area contributed by atoms with Gasteiger partial charge >= 0.3 is 0 Å². The molecule has 0 unspecified atom stereocenters. The molecule has 0 aliphatic rings. The number of thiazole rings is 1. The maximum Gasteiger partial charge on any atom is 0.226 e. The number of halogens is 2. The van der Waals surface area contributed by atoms with E-state index in [9.17, 15) is 13.6 Å². The summed E-state index contributed by atoms with van der Waals surface area (Å²) >= 11 is 1.23. The van der Waals surface area contributed by atoms with Gasteiger partial charge in [-0.25, -0.2) is 13.8 Å². The standard InChI is InChI=1S/C17H20F2N2OS/c1-2-3-4-5-6-7-16(22)21-17-20-15(11-23-17)13-9-8-12(18)10-14(13)19/h8-11H,2-7H2,1H3,(H,20,21,22). The Morgan fingerprint density at radius 2 is 2.00 bits per heavy atom. The molecule has 0 saturated carbocycles. The first-order chi connectivity index (χ1) is 11.1. The maximum atomic E-state index is 13.7. The van der Waals surface area contributed by atoms with Crippen LogP contribution >= 0.6 is 11.3 Å². The van der Waals surface area contributed by atoms with Crippen molar-refractivity contribution in [1.29, 1.82) is 0 Å². The zero-order chi connectivity index (χ0) is 16.7. The van der Waals surface area contributed by atoms with Crippen LogP contribution in [0.25, 0.3) is 11.3 Å². The Hall–Kier alpha value is -1.82. The summed E-state index contributed by atoms with van der Waals surface area (Å²) in [6, 6.07) is 3.36. The number of rotatable bonds is 8. The van der Waals surface area contributed by atoms with Gasteiger partial charge in [0.05, 0.1) is 5.69 Å². The fraction of sp³-hybridized carbons (Fsp3) is 0.412. The van der Waals surface area contributed by atoms with Gasteiger partial charge in [0, 0.05) is 23.4 Å². The summed E-state index contributed by atoms with van der Waals surface area (Å²) in [5.74, 6) is -1.37. The SMILES string of the molecule is CCCCCCCC(=O)Nc1nc(-c2ccc(F)cc2F)cs1. The summed E-state index contributed by atoms with van der Waals surface area (Å²) in [7, 11) is 0. The van der Waals surface area contributed by atoms with Crippen LogP contribution in [-0.2, 0) is 4.79 Å². The van der Waals surface area contributed by atoms with E-state index in [1.807, 2.05) is 0 Å². The number of aromatic nitrogens is 1. The summed E-state index contributed by atoms with van der Waals surface area (Å²) in [4.78, 5) is 16.0. The summed E-state index contributed by atoms with van der Waals surface area (Å²) in [5.41, 5.74) is 0.619. The van der Waals surface area contributed by atoms with Gasteiger partial charge in [-0.15, -0.1) is 11.3 Å². The molecule has 2 aromatic rings. The molecule has 1 heterocycles. The van der Waals surface area contributed by atoms with E-state index in [1.54, 1.807) is 5.38 Å². The highest BCUT2D eigenvalue weighted by Crippen LogP contribution is 2.27. The largest absolute Gasteiger partial charge is 0.302 e. The van der Waals surface area contributed by atoms with Crippen molar-refractivity contribution in [2.75, 3.05) is 5.32 Å². The topological polar surface area (TPSA) is 42.0 Å². The number of unbranched alkanes of at least 4 members (excludes halogenated alkanes) is 4. The van der Waals surface area contributed by atoms with E-state index in [0.29, 0.717) is 17.2 Å². The molecule has 1 amide bonds. The fourth-order valence-corrected chi connectivity index (χ4v) is 2.95. The molecule has 0 atom stereocenters. The monoisotopic (exact) mass is 338 g/mol. The van der Waals surface area contributed by atoms with Gasteiger partial charge in [0.25, 0.3) is 0 Å². The van der Waals surface area contributed by atoms with Crippen LogP contribution in [0.5, 0.6) is 0 Å². The number of benzene rings is 1. The minimum absolute atomic E-state index is 0.0815. The van der Waals surface area contributed by atoms with Gasteiger partial charge < -0.3 is 5.32 Å². The lowest BCUT2D eigenvalue weighted by Gasteiger charge is -2.02. The van der Waals surface area contributed by atoms with Crippen LogP contribution in [0.2, 0.25) is 0 Å². The lowest BCUT2D eigenvalue weighted by atomic mass is 10.1. The highest BCUT2D eigenvalue weighted by atomic mass is 32.1. The van der Waals surface area contributed by atoms with Crippen LogP contribution in [0, 0.1) is 11.6 Å². The molecule has 1 aromatic heterocycles. The molecular formula is C17H20F2N2OS. The average Bonchev–Trinajstić information content (AvgIpc) is 2.95. The van der Waals surface area contributed by atoms with Crippen LogP contribution in [0.15, 0.2) is 23.6 Å². The normalized spacial score (nSPS) is 10.7. The van der Waals surface area contributed by atoms with Crippen molar-refractivity contribution in [2.24, 2.45) is 0 Å². The van der Waals surface area contributed by atoms with E-state index in [0.717, 1.165) is 25.3 Å². The Balaban J connectivity index is 1.88. The number of carbonyl (C=O) groups excluding carboxylic acids is 1. The fourth-order valence-electron chi connectivity index (χ4n) is 2.22. The van der Waals surface area contributed by atoms with Crippen LogP contribution in [0.1, 0.15) is 45.4 Å². The summed E-state index contributed by atoms with van der Waals surface area (Å²) < 4.78 is 26.6. The van der Waals surface area contributed by atoms with Gasteiger partial charge in [-0.1, -0.05) is 32.6 Å². The molecule has 1 N–H and O–H groups in total. The minimum Gasteiger partial charge on any atom is -0.302 e. The quantitative estimate of drug-likeness (QED) is 0.656. The van der Waals surface area contributed by atoms with Crippen molar-refractivity contribution in [3.8, 4) is 11.3 Å². The van der Waals surface area contributed by atoms with Crippen LogP contribution < -0.4 is 5.32 Å². The van der Waals surface area contributed by atoms with Crippen LogP contribution in [0.4, 0.5) is 13.9 Å². The van der Waals surface area contributed by atoms with E-state index < -0.39 is 11.6 Å². The molecule has 6 heteroatoms. The molecule has 0 fully saturated rings. The molecule has 124 valence electrons. The molecule has 23 heavy (non-hydrogen) atoms. The number of nitrogens with zero attached hydrogens (tertiary/aromatic N) is 1. The third kappa shape index (κ3) is 5.39. The number of nitrogens with one attached hydrogen (secondary N) is 1. The Morgan fingerprint density at radius 1 is 1.22 bits per heavy atom. The highest BCUT2D eigenvalue weighted by molar-refractivity contribution is 7.14. The molecule has 0 bridgehead atoms. The van der Waals surface area contributed by atoms with E-state index in [-0.39, 0.29) is 11.5 Å². The Kier molecular flexibility index (Phi) is 6.65. The first-order valence-electron chi connectivity index (χ1n) is 7.81. The third-order valence-electron chi connectivity index (χ3n) is 3.47. The van der Waals surface area contributed by atoms with Crippen molar-refractivity contribution in [3.05, 3.63) is 35.2 Å². The first kappa shape index (κ1) is 17.5. The van der Waals surface area contributed by atoms with E-state index in [4.69, 9.17) is 0 Å². The van der Waals surface area contributed by atoms with Crippen molar-refractivity contribution >= 4 is 22.4 Å². The molecule has 0 radical (unpaired) electrons. The number of hydrogen-bond donors (Lipinski definition) is 1. The number of carbonyl (C=O) groups is 1. The maximum absolute atomic E-state index is 13.7. The predicted molar refractivity (Wildman–Crippen MR) is 89.5 cm³/mol. The molecule has 1 aromatic carbocycles. The number of amides is 1. The first-order valence-corrected chi connectivity index (χ1v) is 8.69. The van der Waals surface area contributed by atoms with Crippen molar-refractivity contribution in [1.82, 2.24) is 4.98 Å². The summed E-state index contributed by atoms with van der Waals surface area (Å²) in [5, 5.41) is 4.80. The van der Waals surface area contributed by atoms with Crippen molar-refractivity contribution in [2.45, 2.75) is 45.4 Å². The zero-order valence-electron chi connectivity index (χ0n) is 13.1. The average molecular weight is 338 g/mol. The van der Waals surface area contributed by atoms with Gasteiger partial charge in [0.2, 0.25) is 5.91 Å². The van der Waals surface area contributed by atoms with Gasteiger partial charge in [0.15, 0.2) is 5.13 Å². The minimum atomic E-state index is -0.663. The van der Waals surface area contributed by atoms with E-state index >= 15 is 0 Å². The van der Waals surface area contributed by atoms with Gasteiger partial charge in [-0.05, 0) is 18.6 Å². The Morgan fingerprint density at radius 3 is 2.74 bits per heavy atom. The van der Waals surface area contributed by atoms with Gasteiger partial charge in [0.1, 0.15) is 11.6 Å². The smallest absolute Gasteiger partial charge is 0.226 e. The Bertz CT molecular complexity index is 658. The van der Waals surface area contributed by atoms with Crippen LogP contribution in [-0.4, -0.2) is 10.9 Å². The summed E-state index contributed by atoms with van der Waals surface area (Å²) in [6.07, 6.45) is 5.88. The molecule has 2 rings (SSSR count). The zero-order valence-corrected chi connectivity index (χ0v) is 13.9. The third-order valence-corrected chi connectivity index (χ3v) is 4.22. The Labute approximate surface area is 138 Å².